The fourth-order valence-electron chi connectivity index (χ4n) is 3.71. The van der Waals surface area contributed by atoms with E-state index in [1.54, 1.807) is 0 Å². The average molecular weight is 336 g/mol. The third kappa shape index (κ3) is 3.37. The van der Waals surface area contributed by atoms with Gasteiger partial charge in [0.25, 0.3) is 0 Å². The van der Waals surface area contributed by atoms with Crippen LogP contribution in [-0.4, -0.2) is 26.8 Å². The molecule has 0 spiro atoms. The van der Waals surface area contributed by atoms with E-state index in [0.717, 1.165) is 49.5 Å². The van der Waals surface area contributed by atoms with Crippen LogP contribution >= 0.6 is 0 Å². The van der Waals surface area contributed by atoms with E-state index in [1.165, 1.54) is 17.5 Å². The van der Waals surface area contributed by atoms with E-state index in [9.17, 15) is 0 Å². The lowest BCUT2D eigenvalue weighted by Gasteiger charge is -2.22. The number of nitrogens with one attached hydrogen (secondary N) is 1. The highest BCUT2D eigenvalue weighted by Crippen LogP contribution is 2.34. The van der Waals surface area contributed by atoms with Crippen molar-refractivity contribution in [3.63, 3.8) is 0 Å². The molecular weight excluding hydrogens is 312 g/mol. The molecule has 1 atom stereocenters. The predicted octanol–water partition coefficient (Wildman–Crippen LogP) is 4.35. The molecule has 130 valence electrons. The van der Waals surface area contributed by atoms with E-state index in [4.69, 9.17) is 4.52 Å². The standard InChI is InChI=1S/C20H24N4O/c1-2-7-17-12-18(23-25-17)19-10-6-11-24(19)14-16-13-21-22-20(16)15-8-4-3-5-9-15/h3-5,8-9,12-13,19H,2,6-7,10-11,14H2,1H3,(H,21,22)/t19-/m0/s1. The molecule has 5 heteroatoms. The molecule has 1 fully saturated rings. The van der Waals surface area contributed by atoms with Crippen LogP contribution in [-0.2, 0) is 13.0 Å². The van der Waals surface area contributed by atoms with Crippen molar-refractivity contribution in [1.29, 1.82) is 0 Å². The molecule has 1 N–H and O–H groups in total. The van der Waals surface area contributed by atoms with Gasteiger partial charge in [-0.25, -0.2) is 0 Å². The van der Waals surface area contributed by atoms with Crippen molar-refractivity contribution in [1.82, 2.24) is 20.3 Å². The second-order valence-corrected chi connectivity index (χ2v) is 6.73. The van der Waals surface area contributed by atoms with Crippen LogP contribution < -0.4 is 0 Å². The molecule has 1 saturated heterocycles. The number of nitrogens with zero attached hydrogens (tertiary/aromatic N) is 3. The lowest BCUT2D eigenvalue weighted by molar-refractivity contribution is 0.236. The summed E-state index contributed by atoms with van der Waals surface area (Å²) in [5.74, 6) is 0.998. The van der Waals surface area contributed by atoms with Gasteiger partial charge in [-0.3, -0.25) is 10.00 Å². The van der Waals surface area contributed by atoms with E-state index in [0.29, 0.717) is 6.04 Å². The number of likely N-dealkylation sites (tertiary alicyclic amines) is 1. The van der Waals surface area contributed by atoms with Crippen LogP contribution in [0.1, 0.15) is 49.2 Å². The Morgan fingerprint density at radius 2 is 2.16 bits per heavy atom. The molecule has 3 heterocycles. The number of benzene rings is 1. The summed E-state index contributed by atoms with van der Waals surface area (Å²) >= 11 is 0. The van der Waals surface area contributed by atoms with E-state index in [-0.39, 0.29) is 0 Å². The van der Waals surface area contributed by atoms with Crippen molar-refractivity contribution in [2.24, 2.45) is 0 Å². The Labute approximate surface area is 148 Å². The van der Waals surface area contributed by atoms with Crippen molar-refractivity contribution in [2.45, 2.75) is 45.2 Å². The Balaban J connectivity index is 1.53. The zero-order valence-corrected chi connectivity index (χ0v) is 14.6. The number of rotatable bonds is 6. The maximum absolute atomic E-state index is 5.50. The summed E-state index contributed by atoms with van der Waals surface area (Å²) in [6.45, 7) is 4.12. The van der Waals surface area contributed by atoms with Crippen molar-refractivity contribution < 1.29 is 4.52 Å². The molecular formula is C20H24N4O. The number of aromatic nitrogens is 3. The van der Waals surface area contributed by atoms with Gasteiger partial charge in [-0.15, -0.1) is 0 Å². The molecule has 0 radical (unpaired) electrons. The van der Waals surface area contributed by atoms with Crippen molar-refractivity contribution in [3.8, 4) is 11.3 Å². The van der Waals surface area contributed by atoms with Crippen LogP contribution in [0, 0.1) is 0 Å². The molecule has 25 heavy (non-hydrogen) atoms. The molecule has 2 aromatic heterocycles. The maximum Gasteiger partial charge on any atom is 0.137 e. The summed E-state index contributed by atoms with van der Waals surface area (Å²) in [6, 6.07) is 12.9. The molecule has 0 amide bonds. The van der Waals surface area contributed by atoms with Crippen LogP contribution in [0.4, 0.5) is 0 Å². The SMILES string of the molecule is CCCc1cc([C@@H]2CCCN2Cc2cn[nH]c2-c2ccccc2)no1. The van der Waals surface area contributed by atoms with Gasteiger partial charge in [0.15, 0.2) is 0 Å². The van der Waals surface area contributed by atoms with E-state index in [1.807, 2.05) is 12.3 Å². The molecule has 1 aromatic carbocycles. The number of aryl methyl sites for hydroxylation is 1. The Morgan fingerprint density at radius 1 is 1.28 bits per heavy atom. The van der Waals surface area contributed by atoms with E-state index < -0.39 is 0 Å². The second kappa shape index (κ2) is 7.23. The highest BCUT2D eigenvalue weighted by Gasteiger charge is 2.29. The Morgan fingerprint density at radius 3 is 3.00 bits per heavy atom. The lowest BCUT2D eigenvalue weighted by atomic mass is 10.1. The maximum atomic E-state index is 5.50. The quantitative estimate of drug-likeness (QED) is 0.727. The first kappa shape index (κ1) is 16.1. The highest BCUT2D eigenvalue weighted by molar-refractivity contribution is 5.62. The Kier molecular flexibility index (Phi) is 4.65. The van der Waals surface area contributed by atoms with Crippen LogP contribution in [0.5, 0.6) is 0 Å². The number of hydrogen-bond donors (Lipinski definition) is 1. The van der Waals surface area contributed by atoms with Gasteiger partial charge in [0, 0.05) is 24.6 Å². The topological polar surface area (TPSA) is 58.0 Å². The molecule has 3 aromatic rings. The molecule has 1 aliphatic rings. The van der Waals surface area contributed by atoms with Gasteiger partial charge >= 0.3 is 0 Å². The van der Waals surface area contributed by atoms with Crippen LogP contribution in [0.25, 0.3) is 11.3 Å². The zero-order chi connectivity index (χ0) is 17.1. The fraction of sp³-hybridized carbons (Fsp3) is 0.400. The van der Waals surface area contributed by atoms with Gasteiger partial charge in [0.1, 0.15) is 11.5 Å². The molecule has 0 bridgehead atoms. The molecule has 4 rings (SSSR count). The smallest absolute Gasteiger partial charge is 0.137 e. The minimum atomic E-state index is 0.341. The van der Waals surface area contributed by atoms with Gasteiger partial charge in [0.05, 0.1) is 17.9 Å². The summed E-state index contributed by atoms with van der Waals surface area (Å²) in [4.78, 5) is 2.49. The number of aromatic amines is 1. The third-order valence-corrected chi connectivity index (χ3v) is 4.93. The van der Waals surface area contributed by atoms with E-state index >= 15 is 0 Å². The van der Waals surface area contributed by atoms with Gasteiger partial charge < -0.3 is 4.52 Å². The second-order valence-electron chi connectivity index (χ2n) is 6.73. The lowest BCUT2D eigenvalue weighted by Crippen LogP contribution is -2.23. The van der Waals surface area contributed by atoms with Crippen LogP contribution in [0.15, 0.2) is 47.1 Å². The summed E-state index contributed by atoms with van der Waals surface area (Å²) in [6.07, 6.45) is 6.32. The molecule has 0 saturated carbocycles. The molecule has 0 aliphatic carbocycles. The monoisotopic (exact) mass is 336 g/mol. The van der Waals surface area contributed by atoms with E-state index in [2.05, 4.69) is 57.5 Å². The fourth-order valence-corrected chi connectivity index (χ4v) is 3.71. The van der Waals surface area contributed by atoms with Crippen molar-refractivity contribution in [2.75, 3.05) is 6.54 Å². The van der Waals surface area contributed by atoms with Gasteiger partial charge in [-0.2, -0.15) is 5.10 Å². The molecule has 5 nitrogen and oxygen atoms in total. The largest absolute Gasteiger partial charge is 0.361 e. The van der Waals surface area contributed by atoms with Crippen LogP contribution in [0.2, 0.25) is 0 Å². The Bertz CT molecular complexity index is 808. The van der Waals surface area contributed by atoms with Gasteiger partial charge in [0.2, 0.25) is 0 Å². The van der Waals surface area contributed by atoms with Gasteiger partial charge in [-0.05, 0) is 31.4 Å². The first-order chi connectivity index (χ1) is 12.3. The first-order valence-corrected chi connectivity index (χ1v) is 9.12. The summed E-state index contributed by atoms with van der Waals surface area (Å²) < 4.78 is 5.50. The van der Waals surface area contributed by atoms with Crippen LogP contribution in [0.3, 0.4) is 0 Å². The summed E-state index contributed by atoms with van der Waals surface area (Å²) in [7, 11) is 0. The first-order valence-electron chi connectivity index (χ1n) is 9.12. The average Bonchev–Trinajstić information content (AvgIpc) is 3.37. The third-order valence-electron chi connectivity index (χ3n) is 4.93. The molecule has 0 unspecified atom stereocenters. The predicted molar refractivity (Wildman–Crippen MR) is 96.9 cm³/mol. The van der Waals surface area contributed by atoms with Gasteiger partial charge in [-0.1, -0.05) is 42.4 Å². The van der Waals surface area contributed by atoms with Crippen molar-refractivity contribution in [3.05, 3.63) is 59.6 Å². The number of hydrogen-bond acceptors (Lipinski definition) is 4. The molecule has 1 aliphatic heterocycles. The zero-order valence-electron chi connectivity index (χ0n) is 14.6. The minimum absolute atomic E-state index is 0.341. The normalized spacial score (nSPS) is 18.0. The minimum Gasteiger partial charge on any atom is -0.361 e. The highest BCUT2D eigenvalue weighted by atomic mass is 16.5. The Hall–Kier alpha value is -2.40. The number of H-pyrrole nitrogens is 1. The summed E-state index contributed by atoms with van der Waals surface area (Å²) in [5, 5.41) is 11.8. The van der Waals surface area contributed by atoms with Crippen molar-refractivity contribution >= 4 is 0 Å². The summed E-state index contributed by atoms with van der Waals surface area (Å²) in [5.41, 5.74) is 4.59.